The third-order valence-electron chi connectivity index (χ3n) is 2.68. The fourth-order valence-corrected chi connectivity index (χ4v) is 1.63. The van der Waals surface area contributed by atoms with Crippen molar-refractivity contribution in [3.05, 3.63) is 54.0 Å². The molecule has 1 N–H and O–H groups in total. The first-order chi connectivity index (χ1) is 9.65. The van der Waals surface area contributed by atoms with Gasteiger partial charge in [-0.3, -0.25) is 4.79 Å². The summed E-state index contributed by atoms with van der Waals surface area (Å²) < 4.78 is 11.0. The van der Waals surface area contributed by atoms with Crippen molar-refractivity contribution in [2.45, 2.75) is 20.5 Å². The van der Waals surface area contributed by atoms with Crippen LogP contribution >= 0.6 is 0 Å². The number of rotatable bonds is 6. The van der Waals surface area contributed by atoms with Gasteiger partial charge in [0.25, 0.3) is 5.91 Å². The Morgan fingerprint density at radius 3 is 2.65 bits per heavy atom. The molecule has 0 fully saturated rings. The molecule has 1 aromatic heterocycles. The number of nitrogens with one attached hydrogen (secondary N) is 1. The van der Waals surface area contributed by atoms with E-state index in [1.54, 1.807) is 12.1 Å². The quantitative estimate of drug-likeness (QED) is 0.879. The van der Waals surface area contributed by atoms with Crippen molar-refractivity contribution in [3.63, 3.8) is 0 Å². The Balaban J connectivity index is 1.87. The van der Waals surface area contributed by atoms with Crippen molar-refractivity contribution in [3.8, 4) is 5.75 Å². The highest BCUT2D eigenvalue weighted by molar-refractivity contribution is 5.91. The van der Waals surface area contributed by atoms with Gasteiger partial charge in [-0.1, -0.05) is 32.0 Å². The van der Waals surface area contributed by atoms with E-state index in [2.05, 4.69) is 5.32 Å². The summed E-state index contributed by atoms with van der Waals surface area (Å²) in [4.78, 5) is 11.8. The molecule has 4 nitrogen and oxygen atoms in total. The predicted octanol–water partition coefficient (Wildman–Crippen LogP) is 3.24. The lowest BCUT2D eigenvalue weighted by Gasteiger charge is -2.05. The summed E-state index contributed by atoms with van der Waals surface area (Å²) >= 11 is 0. The number of ether oxygens (including phenoxy) is 1. The maximum atomic E-state index is 11.8. The first-order valence-corrected chi connectivity index (χ1v) is 6.70. The average Bonchev–Trinajstić information content (AvgIpc) is 2.92. The van der Waals surface area contributed by atoms with Crippen LogP contribution in [-0.2, 0) is 6.61 Å². The molecule has 0 unspecified atom stereocenters. The second-order valence-corrected chi connectivity index (χ2v) is 4.97. The third-order valence-corrected chi connectivity index (χ3v) is 2.68. The van der Waals surface area contributed by atoms with E-state index in [4.69, 9.17) is 9.15 Å². The minimum Gasteiger partial charge on any atom is -0.486 e. The van der Waals surface area contributed by atoms with Crippen molar-refractivity contribution >= 4 is 5.91 Å². The van der Waals surface area contributed by atoms with Crippen molar-refractivity contribution in [1.82, 2.24) is 5.32 Å². The Morgan fingerprint density at radius 1 is 1.20 bits per heavy atom. The highest BCUT2D eigenvalue weighted by atomic mass is 16.5. The van der Waals surface area contributed by atoms with Gasteiger partial charge in [-0.15, -0.1) is 0 Å². The van der Waals surface area contributed by atoms with Gasteiger partial charge in [0, 0.05) is 6.54 Å². The fourth-order valence-electron chi connectivity index (χ4n) is 1.63. The van der Waals surface area contributed by atoms with Crippen LogP contribution in [0.4, 0.5) is 0 Å². The van der Waals surface area contributed by atoms with Crippen LogP contribution in [0.15, 0.2) is 46.9 Å². The first kappa shape index (κ1) is 14.2. The van der Waals surface area contributed by atoms with E-state index in [9.17, 15) is 4.79 Å². The van der Waals surface area contributed by atoms with Crippen LogP contribution in [0.1, 0.15) is 30.2 Å². The number of furan rings is 1. The Kier molecular flexibility index (Phi) is 4.82. The molecule has 1 heterocycles. The monoisotopic (exact) mass is 273 g/mol. The summed E-state index contributed by atoms with van der Waals surface area (Å²) in [5.41, 5.74) is 0. The Bertz CT molecular complexity index is 546. The van der Waals surface area contributed by atoms with Gasteiger partial charge in [0.2, 0.25) is 0 Å². The number of carbonyl (C=O) groups excluding carboxylic acids is 1. The van der Waals surface area contributed by atoms with Crippen molar-refractivity contribution < 1.29 is 13.9 Å². The highest BCUT2D eigenvalue weighted by Gasteiger charge is 2.11. The summed E-state index contributed by atoms with van der Waals surface area (Å²) in [6.45, 7) is 5.03. The second kappa shape index (κ2) is 6.80. The van der Waals surface area contributed by atoms with Crippen LogP contribution in [0.2, 0.25) is 0 Å². The molecule has 0 aliphatic carbocycles. The highest BCUT2D eigenvalue weighted by Crippen LogP contribution is 2.13. The lowest BCUT2D eigenvalue weighted by Crippen LogP contribution is -2.26. The Labute approximate surface area is 118 Å². The van der Waals surface area contributed by atoms with Gasteiger partial charge >= 0.3 is 0 Å². The van der Waals surface area contributed by atoms with Gasteiger partial charge in [0.1, 0.15) is 18.1 Å². The lowest BCUT2D eigenvalue weighted by molar-refractivity contribution is 0.0917. The van der Waals surface area contributed by atoms with E-state index in [0.717, 1.165) is 5.75 Å². The van der Waals surface area contributed by atoms with Crippen LogP contribution in [-0.4, -0.2) is 12.5 Å². The van der Waals surface area contributed by atoms with E-state index >= 15 is 0 Å². The van der Waals surface area contributed by atoms with Gasteiger partial charge in [0.05, 0.1) is 0 Å². The maximum Gasteiger partial charge on any atom is 0.287 e. The van der Waals surface area contributed by atoms with Crippen molar-refractivity contribution in [2.24, 2.45) is 5.92 Å². The minimum atomic E-state index is -0.190. The van der Waals surface area contributed by atoms with Gasteiger partial charge < -0.3 is 14.5 Å². The van der Waals surface area contributed by atoms with Crippen LogP contribution in [0, 0.1) is 5.92 Å². The van der Waals surface area contributed by atoms with E-state index in [1.807, 2.05) is 44.2 Å². The summed E-state index contributed by atoms with van der Waals surface area (Å²) in [5, 5.41) is 2.81. The predicted molar refractivity (Wildman–Crippen MR) is 76.7 cm³/mol. The second-order valence-electron chi connectivity index (χ2n) is 4.97. The zero-order valence-electron chi connectivity index (χ0n) is 11.8. The standard InChI is InChI=1S/C16H19NO3/c1-12(2)10-17-16(18)15-9-8-14(20-15)11-19-13-6-4-3-5-7-13/h3-9,12H,10-11H2,1-2H3,(H,17,18). The van der Waals surface area contributed by atoms with Crippen molar-refractivity contribution in [1.29, 1.82) is 0 Å². The maximum absolute atomic E-state index is 11.8. The van der Waals surface area contributed by atoms with Gasteiger partial charge in [-0.2, -0.15) is 0 Å². The topological polar surface area (TPSA) is 51.5 Å². The normalized spacial score (nSPS) is 10.6. The molecule has 1 amide bonds. The van der Waals surface area contributed by atoms with Crippen LogP contribution in [0.3, 0.4) is 0 Å². The molecule has 106 valence electrons. The molecule has 0 saturated carbocycles. The number of hydrogen-bond acceptors (Lipinski definition) is 3. The molecular weight excluding hydrogens is 254 g/mol. The Hall–Kier alpha value is -2.23. The zero-order chi connectivity index (χ0) is 14.4. The summed E-state index contributed by atoms with van der Waals surface area (Å²) in [7, 11) is 0. The molecule has 0 radical (unpaired) electrons. The molecule has 2 aromatic rings. The van der Waals surface area contributed by atoms with E-state index in [0.29, 0.717) is 30.6 Å². The molecule has 0 spiro atoms. The number of para-hydroxylation sites is 1. The van der Waals surface area contributed by atoms with Crippen LogP contribution in [0.25, 0.3) is 0 Å². The third kappa shape index (κ3) is 4.16. The molecule has 0 saturated heterocycles. The summed E-state index contributed by atoms with van der Waals surface area (Å²) in [6, 6.07) is 12.9. The molecule has 4 heteroatoms. The van der Waals surface area contributed by atoms with E-state index in [1.165, 1.54) is 0 Å². The average molecular weight is 273 g/mol. The SMILES string of the molecule is CC(C)CNC(=O)c1ccc(COc2ccccc2)o1. The van der Waals surface area contributed by atoms with Gasteiger partial charge in [-0.05, 0) is 30.2 Å². The first-order valence-electron chi connectivity index (χ1n) is 6.70. The number of carbonyl (C=O) groups is 1. The molecule has 1 aromatic carbocycles. The number of benzene rings is 1. The molecule has 20 heavy (non-hydrogen) atoms. The van der Waals surface area contributed by atoms with E-state index in [-0.39, 0.29) is 5.91 Å². The minimum absolute atomic E-state index is 0.190. The Morgan fingerprint density at radius 2 is 1.95 bits per heavy atom. The largest absolute Gasteiger partial charge is 0.486 e. The van der Waals surface area contributed by atoms with Crippen LogP contribution in [0.5, 0.6) is 5.75 Å². The van der Waals surface area contributed by atoms with Crippen molar-refractivity contribution in [2.75, 3.05) is 6.54 Å². The van der Waals surface area contributed by atoms with Gasteiger partial charge in [0.15, 0.2) is 5.76 Å². The molecule has 0 bridgehead atoms. The molecule has 0 aliphatic heterocycles. The smallest absolute Gasteiger partial charge is 0.287 e. The van der Waals surface area contributed by atoms with E-state index < -0.39 is 0 Å². The fraction of sp³-hybridized carbons (Fsp3) is 0.312. The number of amides is 1. The number of hydrogen-bond donors (Lipinski definition) is 1. The lowest BCUT2D eigenvalue weighted by atomic mass is 10.2. The summed E-state index contributed by atoms with van der Waals surface area (Å²) in [6.07, 6.45) is 0. The molecule has 0 atom stereocenters. The molecule has 0 aliphatic rings. The van der Waals surface area contributed by atoms with Crippen LogP contribution < -0.4 is 10.1 Å². The molecular formula is C16H19NO3. The van der Waals surface area contributed by atoms with Gasteiger partial charge in [-0.25, -0.2) is 0 Å². The summed E-state index contributed by atoms with van der Waals surface area (Å²) in [5.74, 6) is 1.94. The zero-order valence-corrected chi connectivity index (χ0v) is 11.8. The molecule has 2 rings (SSSR count).